The van der Waals surface area contributed by atoms with Gasteiger partial charge in [-0.05, 0) is 101 Å². The highest BCUT2D eigenvalue weighted by molar-refractivity contribution is 5.83. The fourth-order valence-corrected chi connectivity index (χ4v) is 11.2. The van der Waals surface area contributed by atoms with E-state index in [1.165, 1.54) is 25.2 Å². The molecule has 4 aliphatic rings. The number of nitrogens with one attached hydrogen (secondary N) is 1. The summed E-state index contributed by atoms with van der Waals surface area (Å²) >= 11 is 0. The van der Waals surface area contributed by atoms with Crippen LogP contribution >= 0.6 is 0 Å². The van der Waals surface area contributed by atoms with Crippen LogP contribution in [0.4, 0.5) is 0 Å². The number of carbonyl (C=O) groups excluding carboxylic acids is 3. The predicted octanol–water partition coefficient (Wildman–Crippen LogP) is 2.93. The largest absolute Gasteiger partial charge is 0.468 e. The third-order valence-electron chi connectivity index (χ3n) is 14.2. The molecule has 0 radical (unpaired) electrons. The Kier molecular flexibility index (Phi) is 11.9. The third-order valence-corrected chi connectivity index (χ3v) is 14.2. The van der Waals surface area contributed by atoms with Gasteiger partial charge < -0.3 is 45.4 Å². The van der Waals surface area contributed by atoms with Gasteiger partial charge in [-0.15, -0.1) is 0 Å². The molecule has 0 heterocycles. The molecule has 4 rings (SSSR count). The van der Waals surface area contributed by atoms with Crippen molar-refractivity contribution in [3.63, 3.8) is 0 Å². The van der Waals surface area contributed by atoms with Gasteiger partial charge in [0.15, 0.2) is 0 Å². The van der Waals surface area contributed by atoms with Crippen molar-refractivity contribution >= 4 is 17.8 Å². The molecule has 12 heteroatoms. The Morgan fingerprint density at radius 2 is 1.61 bits per heavy atom. The summed E-state index contributed by atoms with van der Waals surface area (Å²) in [5.74, 6) is -2.11. The summed E-state index contributed by atoms with van der Waals surface area (Å²) in [5.41, 5.74) is -2.47. The van der Waals surface area contributed by atoms with Gasteiger partial charge in [0.05, 0.1) is 49.5 Å². The van der Waals surface area contributed by atoms with E-state index in [1.807, 2.05) is 13.8 Å². The Balaban J connectivity index is 1.53. The molecule has 0 unspecified atom stereocenters. The molecule has 4 aliphatic carbocycles. The fourth-order valence-electron chi connectivity index (χ4n) is 11.2. The second-order valence-electron chi connectivity index (χ2n) is 18.3. The van der Waals surface area contributed by atoms with E-state index < -0.39 is 82.6 Å². The molecule has 51 heavy (non-hydrogen) atoms. The number of esters is 2. The smallest absolute Gasteiger partial charge is 0.325 e. The van der Waals surface area contributed by atoms with E-state index in [0.29, 0.717) is 25.7 Å². The molecule has 0 aliphatic heterocycles. The van der Waals surface area contributed by atoms with Crippen molar-refractivity contribution in [2.75, 3.05) is 20.3 Å². The SMILES string of the molecule is COC(=O)CNC(=O)C[C@@](C)(O)CC(=O)O[C@H]1[C@@H](O)C[C@]2(C)C3=C(CC[C@@H]2C1(C)C)[C@@]1(C)CC[C@H]([C@H](CO)CC[C@H](O)C(C)(C)O)[C@]1(C)[C@@H](O)C3. The van der Waals surface area contributed by atoms with Gasteiger partial charge in [-0.25, -0.2) is 0 Å². The second-order valence-corrected chi connectivity index (χ2v) is 18.3. The molecule has 0 aromatic carbocycles. The van der Waals surface area contributed by atoms with Crippen LogP contribution in [0.25, 0.3) is 0 Å². The molecule has 1 amide bonds. The van der Waals surface area contributed by atoms with Crippen LogP contribution in [0, 0.1) is 39.4 Å². The Hall–Kier alpha value is -2.09. The maximum atomic E-state index is 13.2. The lowest BCUT2D eigenvalue weighted by molar-refractivity contribution is -0.198. The van der Waals surface area contributed by atoms with E-state index in [9.17, 15) is 45.0 Å². The van der Waals surface area contributed by atoms with E-state index in [2.05, 4.69) is 30.8 Å². The first kappa shape index (κ1) is 41.7. The number of hydrogen-bond acceptors (Lipinski definition) is 11. The van der Waals surface area contributed by atoms with Crippen LogP contribution in [0.3, 0.4) is 0 Å². The average molecular weight is 724 g/mol. The van der Waals surface area contributed by atoms with Crippen molar-refractivity contribution in [1.29, 1.82) is 0 Å². The lowest BCUT2D eigenvalue weighted by atomic mass is 9.42. The first-order valence-electron chi connectivity index (χ1n) is 18.7. The van der Waals surface area contributed by atoms with Gasteiger partial charge in [-0.2, -0.15) is 0 Å². The van der Waals surface area contributed by atoms with Gasteiger partial charge in [0.2, 0.25) is 5.91 Å². The highest BCUT2D eigenvalue weighted by Gasteiger charge is 2.67. The maximum absolute atomic E-state index is 13.2. The van der Waals surface area contributed by atoms with E-state index in [1.54, 1.807) is 13.8 Å². The highest BCUT2D eigenvalue weighted by Crippen LogP contribution is 2.72. The summed E-state index contributed by atoms with van der Waals surface area (Å²) < 4.78 is 10.4. The lowest BCUT2D eigenvalue weighted by Gasteiger charge is -2.64. The van der Waals surface area contributed by atoms with Crippen LogP contribution in [0.2, 0.25) is 0 Å². The standard InChI is InChI=1S/C39H65NO11/c1-34(2)27-12-11-24-25(16-29(44)39(8)23(14-15-38(24,39)7)22(21-41)10-13-28(43)35(3,4)48)37(27,6)17-26(42)33(34)51-31(46)19-36(5,49)18-30(45)40-20-32(47)50-9/h22-23,26-29,33,41-44,48-49H,10-21H2,1-9H3,(H,40,45)/t22-,23+,26-,27+,28-,29-,33-,36+,37+,38+,39+/m0/s1. The Morgan fingerprint density at radius 3 is 2.20 bits per heavy atom. The summed E-state index contributed by atoms with van der Waals surface area (Å²) in [5, 5.41) is 68.5. The number of allylic oxidation sites excluding steroid dienone is 1. The summed E-state index contributed by atoms with van der Waals surface area (Å²) in [6.45, 7) is 14.7. The average Bonchev–Trinajstić information content (AvgIpc) is 3.30. The number of amides is 1. The van der Waals surface area contributed by atoms with Crippen LogP contribution in [-0.2, 0) is 23.9 Å². The molecule has 292 valence electrons. The van der Waals surface area contributed by atoms with Gasteiger partial charge >= 0.3 is 11.9 Å². The number of aliphatic hydroxyl groups is 6. The number of rotatable bonds is 13. The first-order valence-corrected chi connectivity index (χ1v) is 18.7. The zero-order chi connectivity index (χ0) is 38.5. The summed E-state index contributed by atoms with van der Waals surface area (Å²) in [6.07, 6.45) is 0.551. The van der Waals surface area contributed by atoms with Crippen molar-refractivity contribution in [2.45, 2.75) is 155 Å². The molecular weight excluding hydrogens is 658 g/mol. The predicted molar refractivity (Wildman–Crippen MR) is 189 cm³/mol. The number of ether oxygens (including phenoxy) is 2. The number of hydrogen-bond donors (Lipinski definition) is 7. The normalized spacial score (nSPS) is 36.9. The van der Waals surface area contributed by atoms with Crippen molar-refractivity contribution in [1.82, 2.24) is 5.32 Å². The van der Waals surface area contributed by atoms with Gasteiger partial charge in [0.25, 0.3) is 0 Å². The molecule has 0 aromatic heterocycles. The Bertz CT molecular complexity index is 1350. The van der Waals surface area contributed by atoms with Crippen molar-refractivity contribution in [3.8, 4) is 0 Å². The Labute approximate surface area is 303 Å². The van der Waals surface area contributed by atoms with Gasteiger partial charge in [0, 0.05) is 17.4 Å². The fraction of sp³-hybridized carbons (Fsp3) is 0.872. The van der Waals surface area contributed by atoms with Gasteiger partial charge in [-0.1, -0.05) is 45.8 Å². The van der Waals surface area contributed by atoms with Crippen molar-refractivity contribution < 1.29 is 54.5 Å². The van der Waals surface area contributed by atoms with Gasteiger partial charge in [-0.3, -0.25) is 14.4 Å². The molecule has 0 saturated heterocycles. The molecule has 7 N–H and O–H groups in total. The molecule has 0 aromatic rings. The number of methoxy groups -OCH3 is 1. The molecule has 11 atom stereocenters. The monoisotopic (exact) mass is 723 g/mol. The minimum atomic E-state index is -1.75. The number of fused-ring (bicyclic) bond motifs is 4. The zero-order valence-corrected chi connectivity index (χ0v) is 32.3. The van der Waals surface area contributed by atoms with Crippen molar-refractivity contribution in [2.24, 2.45) is 39.4 Å². The first-order chi connectivity index (χ1) is 23.4. The summed E-state index contributed by atoms with van der Waals surface area (Å²) in [6, 6.07) is 0. The molecular formula is C39H65NO11. The third kappa shape index (κ3) is 7.65. The second kappa shape index (κ2) is 14.6. The number of aliphatic hydroxyl groups excluding tert-OH is 4. The van der Waals surface area contributed by atoms with Crippen LogP contribution in [0.5, 0.6) is 0 Å². The summed E-state index contributed by atoms with van der Waals surface area (Å²) in [7, 11) is 1.19. The van der Waals surface area contributed by atoms with E-state index >= 15 is 0 Å². The van der Waals surface area contributed by atoms with Crippen LogP contribution < -0.4 is 5.32 Å². The maximum Gasteiger partial charge on any atom is 0.325 e. The molecule has 0 bridgehead atoms. The van der Waals surface area contributed by atoms with Crippen LogP contribution in [0.15, 0.2) is 11.1 Å². The summed E-state index contributed by atoms with van der Waals surface area (Å²) in [4.78, 5) is 36.9. The molecule has 2 fully saturated rings. The number of carbonyl (C=O) groups is 3. The van der Waals surface area contributed by atoms with Gasteiger partial charge in [0.1, 0.15) is 12.6 Å². The van der Waals surface area contributed by atoms with E-state index in [0.717, 1.165) is 25.7 Å². The molecule has 2 saturated carbocycles. The lowest BCUT2D eigenvalue weighted by Crippen LogP contribution is -2.62. The quantitative estimate of drug-likeness (QED) is 0.109. The minimum Gasteiger partial charge on any atom is -0.468 e. The zero-order valence-electron chi connectivity index (χ0n) is 32.3. The van der Waals surface area contributed by atoms with E-state index in [4.69, 9.17) is 4.74 Å². The topological polar surface area (TPSA) is 203 Å². The van der Waals surface area contributed by atoms with Crippen LogP contribution in [0.1, 0.15) is 120 Å². The van der Waals surface area contributed by atoms with E-state index in [-0.39, 0.29) is 36.3 Å². The van der Waals surface area contributed by atoms with Crippen LogP contribution in [-0.4, -0.2) is 104 Å². The molecule has 12 nitrogen and oxygen atoms in total. The highest BCUT2D eigenvalue weighted by atomic mass is 16.6. The van der Waals surface area contributed by atoms with Crippen molar-refractivity contribution in [3.05, 3.63) is 11.1 Å². The molecule has 0 spiro atoms. The Morgan fingerprint density at radius 1 is 0.961 bits per heavy atom. The minimum absolute atomic E-state index is 0.0143.